The Kier molecular flexibility index (Phi) is 5.84. The molecule has 10 aromatic rings. The summed E-state index contributed by atoms with van der Waals surface area (Å²) in [6.07, 6.45) is 0. The molecular weight excluding hydrogens is 585 g/mol. The predicted molar refractivity (Wildman–Crippen MR) is 199 cm³/mol. The first-order valence-corrected chi connectivity index (χ1v) is 16.3. The van der Waals surface area contributed by atoms with E-state index in [0.29, 0.717) is 0 Å². The van der Waals surface area contributed by atoms with Gasteiger partial charge in [0.2, 0.25) is 0 Å². The minimum absolute atomic E-state index is 0.858. The van der Waals surface area contributed by atoms with Crippen LogP contribution < -0.4 is 0 Å². The molecule has 0 atom stereocenters. The van der Waals surface area contributed by atoms with Crippen molar-refractivity contribution in [2.45, 2.75) is 0 Å². The van der Waals surface area contributed by atoms with E-state index in [-0.39, 0.29) is 0 Å². The van der Waals surface area contributed by atoms with Crippen molar-refractivity contribution in [3.8, 4) is 33.9 Å². The standard InChI is InChI=1S/C44H28N4/c1-4-14-29(15-5-1)42-43(30-16-6-2-7-17-30)46-37-28-32(24-26-36(37)45-42)47-39-23-13-11-21-35(39)41-40(47)27-25-34-33-20-10-12-22-38(33)48(44(34)41)31-18-8-3-9-19-31/h1-28H. The Morgan fingerprint density at radius 1 is 0.354 bits per heavy atom. The van der Waals surface area contributed by atoms with E-state index in [1.54, 1.807) is 0 Å². The van der Waals surface area contributed by atoms with Crippen LogP contribution in [0.3, 0.4) is 0 Å². The molecule has 4 nitrogen and oxygen atoms in total. The first kappa shape index (κ1) is 26.7. The fourth-order valence-corrected chi connectivity index (χ4v) is 7.41. The van der Waals surface area contributed by atoms with Crippen LogP contribution in [0.15, 0.2) is 170 Å². The van der Waals surface area contributed by atoms with Crippen molar-refractivity contribution < 1.29 is 0 Å². The Labute approximate surface area is 276 Å². The lowest BCUT2D eigenvalue weighted by atomic mass is 10.0. The molecule has 0 saturated heterocycles. The van der Waals surface area contributed by atoms with Crippen LogP contribution >= 0.6 is 0 Å². The normalized spacial score (nSPS) is 11.8. The van der Waals surface area contributed by atoms with E-state index < -0.39 is 0 Å². The summed E-state index contributed by atoms with van der Waals surface area (Å²) >= 11 is 0. The fourth-order valence-electron chi connectivity index (χ4n) is 7.41. The van der Waals surface area contributed by atoms with Gasteiger partial charge in [0.25, 0.3) is 0 Å². The Morgan fingerprint density at radius 3 is 1.60 bits per heavy atom. The van der Waals surface area contributed by atoms with Crippen LogP contribution in [0, 0.1) is 0 Å². The van der Waals surface area contributed by atoms with Crippen LogP contribution in [-0.4, -0.2) is 19.1 Å². The summed E-state index contributed by atoms with van der Waals surface area (Å²) in [5.74, 6) is 0. The molecular formula is C44H28N4. The van der Waals surface area contributed by atoms with E-state index in [1.165, 1.54) is 32.6 Å². The summed E-state index contributed by atoms with van der Waals surface area (Å²) in [4.78, 5) is 10.5. The molecule has 10 rings (SSSR count). The molecule has 0 saturated carbocycles. The minimum atomic E-state index is 0.858. The van der Waals surface area contributed by atoms with Gasteiger partial charge in [0.05, 0.1) is 44.5 Å². The molecule has 4 heteroatoms. The van der Waals surface area contributed by atoms with Crippen LogP contribution in [-0.2, 0) is 0 Å². The molecule has 3 aromatic heterocycles. The van der Waals surface area contributed by atoms with Crippen LogP contribution in [0.25, 0.3) is 88.5 Å². The van der Waals surface area contributed by atoms with Gasteiger partial charge in [-0.25, -0.2) is 9.97 Å². The van der Waals surface area contributed by atoms with Crippen molar-refractivity contribution in [1.29, 1.82) is 0 Å². The van der Waals surface area contributed by atoms with Gasteiger partial charge in [0, 0.05) is 44.0 Å². The van der Waals surface area contributed by atoms with Gasteiger partial charge in [0.1, 0.15) is 0 Å². The summed E-state index contributed by atoms with van der Waals surface area (Å²) in [5, 5.41) is 4.95. The molecule has 48 heavy (non-hydrogen) atoms. The number of aromatic nitrogens is 4. The van der Waals surface area contributed by atoms with Crippen molar-refractivity contribution in [2.24, 2.45) is 0 Å². The average molecular weight is 613 g/mol. The highest BCUT2D eigenvalue weighted by Gasteiger charge is 2.21. The first-order valence-electron chi connectivity index (χ1n) is 16.3. The van der Waals surface area contributed by atoms with Crippen molar-refractivity contribution in [3.05, 3.63) is 170 Å². The maximum absolute atomic E-state index is 5.31. The number of nitrogens with zero attached hydrogens (tertiary/aromatic N) is 4. The van der Waals surface area contributed by atoms with Gasteiger partial charge < -0.3 is 9.13 Å². The van der Waals surface area contributed by atoms with E-state index in [1.807, 2.05) is 12.1 Å². The van der Waals surface area contributed by atoms with Crippen molar-refractivity contribution in [1.82, 2.24) is 19.1 Å². The summed E-state index contributed by atoms with van der Waals surface area (Å²) in [5.41, 5.74) is 12.5. The zero-order valence-corrected chi connectivity index (χ0v) is 26.0. The molecule has 0 bridgehead atoms. The minimum Gasteiger partial charge on any atom is -0.309 e. The second-order valence-corrected chi connectivity index (χ2v) is 12.2. The zero-order valence-electron chi connectivity index (χ0n) is 26.0. The monoisotopic (exact) mass is 612 g/mol. The Hall–Kier alpha value is -6.52. The van der Waals surface area contributed by atoms with Crippen LogP contribution in [0.5, 0.6) is 0 Å². The predicted octanol–water partition coefficient (Wildman–Crippen LogP) is 11.2. The molecule has 0 unspecified atom stereocenters. The second kappa shape index (κ2) is 10.5. The number of para-hydroxylation sites is 3. The lowest BCUT2D eigenvalue weighted by Crippen LogP contribution is -1.98. The van der Waals surface area contributed by atoms with Gasteiger partial charge in [0.15, 0.2) is 0 Å². The quantitative estimate of drug-likeness (QED) is 0.198. The highest BCUT2D eigenvalue weighted by Crippen LogP contribution is 2.42. The highest BCUT2D eigenvalue weighted by molar-refractivity contribution is 6.26. The molecule has 3 heterocycles. The lowest BCUT2D eigenvalue weighted by molar-refractivity contribution is 1.17. The topological polar surface area (TPSA) is 35.6 Å². The first-order chi connectivity index (χ1) is 23.8. The third-order valence-electron chi connectivity index (χ3n) is 9.48. The van der Waals surface area contributed by atoms with Gasteiger partial charge in [-0.3, -0.25) is 0 Å². The largest absolute Gasteiger partial charge is 0.309 e. The van der Waals surface area contributed by atoms with Gasteiger partial charge >= 0.3 is 0 Å². The fraction of sp³-hybridized carbons (Fsp3) is 0. The van der Waals surface area contributed by atoms with Crippen LogP contribution in [0.1, 0.15) is 0 Å². The second-order valence-electron chi connectivity index (χ2n) is 12.2. The summed E-state index contributed by atoms with van der Waals surface area (Å²) in [6, 6.07) is 59.9. The van der Waals surface area contributed by atoms with Crippen molar-refractivity contribution in [3.63, 3.8) is 0 Å². The SMILES string of the molecule is c1ccc(-c2nc3ccc(-n4c5ccccc5c5c4ccc4c6ccccc6n(-c6ccccc6)c45)cc3nc2-c2ccccc2)cc1. The maximum atomic E-state index is 5.31. The molecule has 7 aromatic carbocycles. The molecule has 0 aliphatic heterocycles. The smallest absolute Gasteiger partial charge is 0.0973 e. The maximum Gasteiger partial charge on any atom is 0.0973 e. The molecule has 0 radical (unpaired) electrons. The van der Waals surface area contributed by atoms with Crippen LogP contribution in [0.2, 0.25) is 0 Å². The van der Waals surface area contributed by atoms with E-state index in [4.69, 9.17) is 9.97 Å². The lowest BCUT2D eigenvalue weighted by Gasteiger charge is -2.13. The highest BCUT2D eigenvalue weighted by atomic mass is 15.0. The van der Waals surface area contributed by atoms with Gasteiger partial charge in [-0.1, -0.05) is 121 Å². The third-order valence-corrected chi connectivity index (χ3v) is 9.48. The number of hydrogen-bond acceptors (Lipinski definition) is 2. The molecule has 0 aliphatic carbocycles. The Bertz CT molecular complexity index is 2810. The van der Waals surface area contributed by atoms with Gasteiger partial charge in [-0.15, -0.1) is 0 Å². The average Bonchev–Trinajstić information content (AvgIpc) is 3.68. The number of benzene rings is 7. The van der Waals surface area contributed by atoms with Crippen molar-refractivity contribution >= 4 is 54.6 Å². The molecule has 0 amide bonds. The van der Waals surface area contributed by atoms with E-state index >= 15 is 0 Å². The van der Waals surface area contributed by atoms with Gasteiger partial charge in [-0.2, -0.15) is 0 Å². The number of hydrogen-bond donors (Lipinski definition) is 0. The number of rotatable bonds is 4. The molecule has 224 valence electrons. The molecule has 0 spiro atoms. The van der Waals surface area contributed by atoms with Gasteiger partial charge in [-0.05, 0) is 48.5 Å². The summed E-state index contributed by atoms with van der Waals surface area (Å²) in [6.45, 7) is 0. The Morgan fingerprint density at radius 2 is 0.917 bits per heavy atom. The number of fused-ring (bicyclic) bond motifs is 8. The zero-order chi connectivity index (χ0) is 31.6. The van der Waals surface area contributed by atoms with E-state index in [0.717, 1.165) is 56.0 Å². The molecule has 0 fully saturated rings. The third kappa shape index (κ3) is 3.96. The molecule has 0 aliphatic rings. The Balaban J connectivity index is 1.28. The summed E-state index contributed by atoms with van der Waals surface area (Å²) in [7, 11) is 0. The van der Waals surface area contributed by atoms with E-state index in [2.05, 4.69) is 167 Å². The van der Waals surface area contributed by atoms with Crippen LogP contribution in [0.4, 0.5) is 0 Å². The summed E-state index contributed by atoms with van der Waals surface area (Å²) < 4.78 is 4.80. The van der Waals surface area contributed by atoms with E-state index in [9.17, 15) is 0 Å². The molecule has 0 N–H and O–H groups in total. The van der Waals surface area contributed by atoms with Crippen molar-refractivity contribution in [2.75, 3.05) is 0 Å².